The fourth-order valence-corrected chi connectivity index (χ4v) is 6.08. The van der Waals surface area contributed by atoms with Crippen molar-refractivity contribution < 1.29 is 0 Å². The molecule has 0 aliphatic carbocycles. The van der Waals surface area contributed by atoms with Crippen LogP contribution in [0.4, 0.5) is 0 Å². The number of rotatable bonds is 6. The monoisotopic (exact) mass is 299 g/mol. The Morgan fingerprint density at radius 3 is 2.89 bits per heavy atom. The van der Waals surface area contributed by atoms with Gasteiger partial charge in [-0.05, 0) is 32.4 Å². The number of hydrogen-bond acceptors (Lipinski definition) is 4. The van der Waals surface area contributed by atoms with Gasteiger partial charge in [0.25, 0.3) is 0 Å². The van der Waals surface area contributed by atoms with Crippen molar-refractivity contribution in [3.8, 4) is 0 Å². The molecule has 2 rings (SSSR count). The molecule has 0 aromatic carbocycles. The van der Waals surface area contributed by atoms with Crippen LogP contribution in [0.3, 0.4) is 0 Å². The fraction of sp³-hybridized carbons (Fsp3) is 0.786. The van der Waals surface area contributed by atoms with Crippen LogP contribution in [0, 0.1) is 0 Å². The van der Waals surface area contributed by atoms with E-state index < -0.39 is 0 Å². The number of nitrogens with zero attached hydrogens (tertiary/aromatic N) is 2. The molecule has 2 heterocycles. The Morgan fingerprint density at radius 2 is 2.26 bits per heavy atom. The van der Waals surface area contributed by atoms with Crippen molar-refractivity contribution in [2.45, 2.75) is 42.7 Å². The van der Waals surface area contributed by atoms with Crippen LogP contribution in [-0.4, -0.2) is 44.9 Å². The average molecular weight is 300 g/mol. The van der Waals surface area contributed by atoms with Crippen molar-refractivity contribution in [3.05, 3.63) is 18.0 Å². The molecule has 0 bridgehead atoms. The first-order chi connectivity index (χ1) is 9.26. The van der Waals surface area contributed by atoms with Crippen molar-refractivity contribution in [3.63, 3.8) is 0 Å². The molecule has 1 fully saturated rings. The Kier molecular flexibility index (Phi) is 6.10. The SMILES string of the molecule is CCC1SCCSC1C(CCc1ccnn1C)NC. The molecule has 0 radical (unpaired) electrons. The third-order valence-electron chi connectivity index (χ3n) is 3.90. The first-order valence-corrected chi connectivity index (χ1v) is 9.23. The van der Waals surface area contributed by atoms with Gasteiger partial charge in [0, 0.05) is 47.0 Å². The van der Waals surface area contributed by atoms with Gasteiger partial charge in [0.05, 0.1) is 0 Å². The van der Waals surface area contributed by atoms with E-state index in [0.717, 1.165) is 16.9 Å². The van der Waals surface area contributed by atoms with Gasteiger partial charge in [-0.3, -0.25) is 4.68 Å². The summed E-state index contributed by atoms with van der Waals surface area (Å²) in [6.45, 7) is 2.32. The Bertz CT molecular complexity index is 381. The molecule has 1 aliphatic heterocycles. The van der Waals surface area contributed by atoms with E-state index in [1.807, 2.05) is 17.9 Å². The maximum absolute atomic E-state index is 4.25. The molecule has 1 aliphatic rings. The molecule has 3 atom stereocenters. The highest BCUT2D eigenvalue weighted by molar-refractivity contribution is 8.07. The highest BCUT2D eigenvalue weighted by Gasteiger charge is 2.31. The minimum Gasteiger partial charge on any atom is -0.316 e. The first-order valence-electron chi connectivity index (χ1n) is 7.13. The summed E-state index contributed by atoms with van der Waals surface area (Å²) in [5.74, 6) is 2.62. The molecule has 5 heteroatoms. The zero-order valence-electron chi connectivity index (χ0n) is 12.1. The van der Waals surface area contributed by atoms with Crippen molar-refractivity contribution >= 4 is 23.5 Å². The fourth-order valence-electron chi connectivity index (χ4n) is 2.73. The van der Waals surface area contributed by atoms with Crippen molar-refractivity contribution in [2.24, 2.45) is 7.05 Å². The molecule has 19 heavy (non-hydrogen) atoms. The summed E-state index contributed by atoms with van der Waals surface area (Å²) in [4.78, 5) is 0. The van der Waals surface area contributed by atoms with Crippen LogP contribution in [0.2, 0.25) is 0 Å². The van der Waals surface area contributed by atoms with Gasteiger partial charge in [-0.2, -0.15) is 28.6 Å². The van der Waals surface area contributed by atoms with E-state index in [0.29, 0.717) is 6.04 Å². The number of hydrogen-bond donors (Lipinski definition) is 1. The lowest BCUT2D eigenvalue weighted by Gasteiger charge is -2.36. The molecule has 3 unspecified atom stereocenters. The van der Waals surface area contributed by atoms with Crippen LogP contribution in [-0.2, 0) is 13.5 Å². The molecule has 0 spiro atoms. The van der Waals surface area contributed by atoms with E-state index in [9.17, 15) is 0 Å². The highest BCUT2D eigenvalue weighted by atomic mass is 32.2. The molecule has 1 saturated heterocycles. The molecule has 108 valence electrons. The first kappa shape index (κ1) is 15.3. The average Bonchev–Trinajstić information content (AvgIpc) is 2.85. The second-order valence-electron chi connectivity index (χ2n) is 5.03. The van der Waals surface area contributed by atoms with E-state index in [-0.39, 0.29) is 0 Å². The molecule has 0 saturated carbocycles. The predicted octanol–water partition coefficient (Wildman–Crippen LogP) is 2.57. The topological polar surface area (TPSA) is 29.9 Å². The van der Waals surface area contributed by atoms with Gasteiger partial charge in [-0.15, -0.1) is 0 Å². The van der Waals surface area contributed by atoms with Gasteiger partial charge in [-0.1, -0.05) is 6.92 Å². The minimum absolute atomic E-state index is 0.609. The molecule has 3 nitrogen and oxygen atoms in total. The Labute approximate surface area is 125 Å². The van der Waals surface area contributed by atoms with Gasteiger partial charge >= 0.3 is 0 Å². The van der Waals surface area contributed by atoms with Crippen LogP contribution < -0.4 is 5.32 Å². The second kappa shape index (κ2) is 7.60. The van der Waals surface area contributed by atoms with Crippen molar-refractivity contribution in [2.75, 3.05) is 18.6 Å². The summed E-state index contributed by atoms with van der Waals surface area (Å²) in [6.07, 6.45) is 5.49. The van der Waals surface area contributed by atoms with E-state index in [1.54, 1.807) is 0 Å². The lowest BCUT2D eigenvalue weighted by Crippen LogP contribution is -2.43. The van der Waals surface area contributed by atoms with Gasteiger partial charge in [0.15, 0.2) is 0 Å². The lowest BCUT2D eigenvalue weighted by molar-refractivity contribution is 0.481. The van der Waals surface area contributed by atoms with Crippen LogP contribution >= 0.6 is 23.5 Å². The second-order valence-corrected chi connectivity index (χ2v) is 7.67. The number of nitrogens with one attached hydrogen (secondary N) is 1. The highest BCUT2D eigenvalue weighted by Crippen LogP contribution is 2.36. The zero-order valence-corrected chi connectivity index (χ0v) is 13.8. The quantitative estimate of drug-likeness (QED) is 0.874. The van der Waals surface area contributed by atoms with E-state index >= 15 is 0 Å². The third-order valence-corrected chi connectivity index (χ3v) is 7.30. The zero-order chi connectivity index (χ0) is 13.7. The van der Waals surface area contributed by atoms with Gasteiger partial charge in [0.2, 0.25) is 0 Å². The summed E-state index contributed by atoms with van der Waals surface area (Å²) in [6, 6.07) is 2.74. The largest absolute Gasteiger partial charge is 0.316 e. The normalized spacial score (nSPS) is 25.4. The summed E-state index contributed by atoms with van der Waals surface area (Å²) in [5, 5.41) is 9.37. The van der Waals surface area contributed by atoms with Crippen LogP contribution in [0.5, 0.6) is 0 Å². The molecule has 0 amide bonds. The maximum Gasteiger partial charge on any atom is 0.0492 e. The number of aryl methyl sites for hydroxylation is 2. The van der Waals surface area contributed by atoms with Crippen molar-refractivity contribution in [1.29, 1.82) is 0 Å². The van der Waals surface area contributed by atoms with Gasteiger partial charge in [0.1, 0.15) is 0 Å². The van der Waals surface area contributed by atoms with Crippen LogP contribution in [0.15, 0.2) is 12.3 Å². The number of aromatic nitrogens is 2. The predicted molar refractivity (Wildman–Crippen MR) is 87.2 cm³/mol. The third kappa shape index (κ3) is 3.92. The molecular weight excluding hydrogens is 274 g/mol. The summed E-state index contributed by atoms with van der Waals surface area (Å²) in [7, 11) is 4.14. The van der Waals surface area contributed by atoms with E-state index in [2.05, 4.69) is 54.0 Å². The van der Waals surface area contributed by atoms with Gasteiger partial charge in [-0.25, -0.2) is 0 Å². The standard InChI is InChI=1S/C14H25N3S2/c1-4-13-14(19-10-9-18-13)12(15-2)6-5-11-7-8-16-17(11)3/h7-8,12-15H,4-6,9-10H2,1-3H3. The van der Waals surface area contributed by atoms with Crippen molar-refractivity contribution in [1.82, 2.24) is 15.1 Å². The Hall–Kier alpha value is -0.130. The molecule has 1 aromatic heterocycles. The number of thioether (sulfide) groups is 2. The lowest BCUT2D eigenvalue weighted by atomic mass is 10.0. The van der Waals surface area contributed by atoms with Crippen LogP contribution in [0.1, 0.15) is 25.5 Å². The summed E-state index contributed by atoms with van der Waals surface area (Å²) >= 11 is 4.33. The maximum atomic E-state index is 4.25. The van der Waals surface area contributed by atoms with Gasteiger partial charge < -0.3 is 5.32 Å². The molecule has 1 aromatic rings. The van der Waals surface area contributed by atoms with E-state index in [4.69, 9.17) is 0 Å². The van der Waals surface area contributed by atoms with E-state index in [1.165, 1.54) is 30.0 Å². The smallest absolute Gasteiger partial charge is 0.0492 e. The Morgan fingerprint density at radius 1 is 1.47 bits per heavy atom. The Balaban J connectivity index is 1.93. The molecular formula is C14H25N3S2. The minimum atomic E-state index is 0.609. The van der Waals surface area contributed by atoms with Crippen LogP contribution in [0.25, 0.3) is 0 Å². The summed E-state index contributed by atoms with van der Waals surface area (Å²) in [5.41, 5.74) is 1.33. The summed E-state index contributed by atoms with van der Waals surface area (Å²) < 4.78 is 1.99. The molecule has 1 N–H and O–H groups in total.